The van der Waals surface area contributed by atoms with E-state index in [2.05, 4.69) is 22.8 Å². The van der Waals surface area contributed by atoms with Crippen molar-refractivity contribution in [2.75, 3.05) is 20.3 Å². The average Bonchev–Trinajstić information content (AvgIpc) is 3.49. The van der Waals surface area contributed by atoms with Gasteiger partial charge in [0.25, 0.3) is 5.91 Å². The second-order valence-electron chi connectivity index (χ2n) is 11.4. The Labute approximate surface area is 222 Å². The summed E-state index contributed by atoms with van der Waals surface area (Å²) in [5.74, 6) is -1.62. The number of fused-ring (bicyclic) bond motifs is 2. The van der Waals surface area contributed by atoms with Gasteiger partial charge in [-0.05, 0) is 74.7 Å². The minimum atomic E-state index is -0.773. The first-order valence-electron chi connectivity index (χ1n) is 13.8. The molecule has 0 aliphatic heterocycles. The number of methoxy groups -OCH3 is 1. The number of carbonyl (C=O) groups excluding carboxylic acids is 2. The molecule has 0 radical (unpaired) electrons. The summed E-state index contributed by atoms with van der Waals surface area (Å²) in [5.41, 5.74) is 0.152. The van der Waals surface area contributed by atoms with Gasteiger partial charge in [-0.1, -0.05) is 18.6 Å². The Balaban J connectivity index is 1.25. The zero-order valence-corrected chi connectivity index (χ0v) is 21.8. The highest BCUT2D eigenvalue weighted by Gasteiger charge is 2.49. The van der Waals surface area contributed by atoms with Crippen LogP contribution in [0.1, 0.15) is 61.7 Å². The molecule has 0 heterocycles. The van der Waals surface area contributed by atoms with Crippen LogP contribution in [0.25, 0.3) is 0 Å². The van der Waals surface area contributed by atoms with E-state index < -0.39 is 17.7 Å². The fraction of sp³-hybridized carbons (Fsp3) is 0.621. The normalized spacial score (nSPS) is 29.9. The van der Waals surface area contributed by atoms with Crippen LogP contribution in [0.3, 0.4) is 0 Å². The summed E-state index contributed by atoms with van der Waals surface area (Å²) in [6.45, 7) is 0.929. The molecular weight excluding hydrogens is 491 g/mol. The maximum absolute atomic E-state index is 14.8. The van der Waals surface area contributed by atoms with Gasteiger partial charge in [-0.15, -0.1) is 0 Å². The van der Waals surface area contributed by atoms with Crippen LogP contribution in [0.4, 0.5) is 4.39 Å². The van der Waals surface area contributed by atoms with Crippen molar-refractivity contribution in [1.29, 1.82) is 0 Å². The van der Waals surface area contributed by atoms with E-state index in [0.29, 0.717) is 38.1 Å². The molecule has 1 aromatic rings. The zero-order valence-electron chi connectivity index (χ0n) is 21.8. The number of aliphatic carboxylic acids is 1. The summed E-state index contributed by atoms with van der Waals surface area (Å²) in [5, 5.41) is 15.3. The molecule has 38 heavy (non-hydrogen) atoms. The molecule has 4 aliphatic carbocycles. The van der Waals surface area contributed by atoms with E-state index in [4.69, 9.17) is 9.47 Å². The Bertz CT molecular complexity index is 1090. The fourth-order valence-corrected chi connectivity index (χ4v) is 6.44. The number of ether oxygens (including phenoxy) is 2. The Morgan fingerprint density at radius 1 is 1.00 bits per heavy atom. The number of hydrogen-bond donors (Lipinski definition) is 3. The minimum absolute atomic E-state index is 0.0215. The summed E-state index contributed by atoms with van der Waals surface area (Å²) in [6.07, 6.45) is 11.0. The van der Waals surface area contributed by atoms with Crippen molar-refractivity contribution in [2.45, 2.75) is 57.4 Å². The zero-order chi connectivity index (χ0) is 26.8. The van der Waals surface area contributed by atoms with Gasteiger partial charge in [0, 0.05) is 18.7 Å². The van der Waals surface area contributed by atoms with Crippen molar-refractivity contribution < 1.29 is 33.4 Å². The lowest BCUT2D eigenvalue weighted by Crippen LogP contribution is -2.49. The standard InChI is InChI=1S/C29H37FN2O6/c1-37-23-13-22(30)24(38-15-17-5-7-18(8-6-17)29(35)36)12-21(23)27(33)32-26-20-10-9-19(11-20)25(26)28(34)31-14-16-3-2-4-16/h9-10,12-13,16-20,25-26H,2-8,11,14-15H2,1H3,(H,31,34)(H,32,33)(H,35,36)/t17?,18?,19-,20+,25+,26-/m1/s1. The van der Waals surface area contributed by atoms with E-state index in [-0.39, 0.29) is 65.2 Å². The number of benzene rings is 1. The third-order valence-corrected chi connectivity index (χ3v) is 9.02. The van der Waals surface area contributed by atoms with Crippen LogP contribution >= 0.6 is 0 Å². The van der Waals surface area contributed by atoms with Crippen molar-refractivity contribution in [1.82, 2.24) is 10.6 Å². The van der Waals surface area contributed by atoms with Crippen LogP contribution < -0.4 is 20.1 Å². The van der Waals surface area contributed by atoms with E-state index in [0.717, 1.165) is 25.3 Å². The molecule has 3 fully saturated rings. The highest BCUT2D eigenvalue weighted by molar-refractivity contribution is 5.98. The van der Waals surface area contributed by atoms with Crippen LogP contribution in [0.15, 0.2) is 24.3 Å². The van der Waals surface area contributed by atoms with Crippen LogP contribution in [0.2, 0.25) is 0 Å². The molecule has 0 unspecified atom stereocenters. The molecule has 9 heteroatoms. The molecule has 4 atom stereocenters. The van der Waals surface area contributed by atoms with Crippen LogP contribution in [-0.2, 0) is 9.59 Å². The van der Waals surface area contributed by atoms with Crippen molar-refractivity contribution in [2.24, 2.45) is 35.5 Å². The average molecular weight is 529 g/mol. The molecule has 8 nitrogen and oxygen atoms in total. The molecule has 3 N–H and O–H groups in total. The number of carboxylic acid groups (broad SMARTS) is 1. The minimum Gasteiger partial charge on any atom is -0.496 e. The molecule has 0 spiro atoms. The van der Waals surface area contributed by atoms with Crippen LogP contribution in [-0.4, -0.2) is 49.2 Å². The molecule has 1 aromatic carbocycles. The number of hydrogen-bond acceptors (Lipinski definition) is 5. The number of carboxylic acids is 1. The molecule has 0 saturated heterocycles. The van der Waals surface area contributed by atoms with Gasteiger partial charge < -0.3 is 25.2 Å². The van der Waals surface area contributed by atoms with E-state index in [9.17, 15) is 23.9 Å². The van der Waals surface area contributed by atoms with Crippen LogP contribution in [0.5, 0.6) is 11.5 Å². The van der Waals surface area contributed by atoms with E-state index in [1.165, 1.54) is 19.6 Å². The topological polar surface area (TPSA) is 114 Å². The van der Waals surface area contributed by atoms with Gasteiger partial charge in [0.2, 0.25) is 5.91 Å². The Hall–Kier alpha value is -3.10. The third-order valence-electron chi connectivity index (χ3n) is 9.02. The predicted octanol–water partition coefficient (Wildman–Crippen LogP) is 3.94. The summed E-state index contributed by atoms with van der Waals surface area (Å²) < 4.78 is 25.9. The lowest BCUT2D eigenvalue weighted by molar-refractivity contribution is -0.143. The molecule has 206 valence electrons. The Morgan fingerprint density at radius 2 is 1.74 bits per heavy atom. The number of nitrogens with one attached hydrogen (secondary N) is 2. The van der Waals surface area contributed by atoms with E-state index in [1.54, 1.807) is 0 Å². The summed E-state index contributed by atoms with van der Waals surface area (Å²) in [7, 11) is 1.38. The maximum atomic E-state index is 14.8. The van der Waals surface area contributed by atoms with E-state index in [1.807, 2.05) is 0 Å². The highest BCUT2D eigenvalue weighted by atomic mass is 19.1. The molecule has 2 amide bonds. The van der Waals surface area contributed by atoms with Gasteiger partial charge in [0.1, 0.15) is 5.75 Å². The van der Waals surface area contributed by atoms with E-state index >= 15 is 0 Å². The van der Waals surface area contributed by atoms with Crippen molar-refractivity contribution >= 4 is 17.8 Å². The first-order valence-corrected chi connectivity index (χ1v) is 13.8. The summed E-state index contributed by atoms with van der Waals surface area (Å²) in [4.78, 5) is 37.7. The van der Waals surface area contributed by atoms with Crippen molar-refractivity contribution in [3.05, 3.63) is 35.7 Å². The lowest BCUT2D eigenvalue weighted by Gasteiger charge is -2.30. The molecular formula is C29H37FN2O6. The number of halogens is 1. The number of carbonyl (C=O) groups is 3. The largest absolute Gasteiger partial charge is 0.496 e. The molecule has 4 aliphatic rings. The SMILES string of the molecule is COc1cc(F)c(OCC2CCC(C(=O)O)CC2)cc1C(=O)N[C@H]1[C@@H](C(=O)NCC2CCC2)[C@@H]2C=C[C@H]1C2. The van der Waals surface area contributed by atoms with Crippen LogP contribution in [0, 0.1) is 41.3 Å². The summed E-state index contributed by atoms with van der Waals surface area (Å²) in [6, 6.07) is 2.17. The van der Waals surface area contributed by atoms with Gasteiger partial charge in [-0.2, -0.15) is 0 Å². The van der Waals surface area contributed by atoms with Gasteiger partial charge in [0.05, 0.1) is 31.1 Å². The molecule has 2 bridgehead atoms. The Kier molecular flexibility index (Phi) is 7.91. The summed E-state index contributed by atoms with van der Waals surface area (Å²) >= 11 is 0. The quantitative estimate of drug-likeness (QED) is 0.397. The molecule has 0 aromatic heterocycles. The first kappa shape index (κ1) is 26.5. The lowest BCUT2D eigenvalue weighted by atomic mass is 9.82. The highest BCUT2D eigenvalue weighted by Crippen LogP contribution is 2.44. The Morgan fingerprint density at radius 3 is 2.39 bits per heavy atom. The van der Waals surface area contributed by atoms with Gasteiger partial charge >= 0.3 is 5.97 Å². The van der Waals surface area contributed by atoms with Gasteiger partial charge in [-0.25, -0.2) is 4.39 Å². The third kappa shape index (κ3) is 5.52. The molecule has 3 saturated carbocycles. The van der Waals surface area contributed by atoms with Crippen molar-refractivity contribution in [3.63, 3.8) is 0 Å². The monoisotopic (exact) mass is 528 g/mol. The number of rotatable bonds is 10. The second kappa shape index (κ2) is 11.3. The van der Waals surface area contributed by atoms with Gasteiger partial charge in [-0.3, -0.25) is 14.4 Å². The fourth-order valence-electron chi connectivity index (χ4n) is 6.44. The predicted molar refractivity (Wildman–Crippen MR) is 137 cm³/mol. The van der Waals surface area contributed by atoms with Gasteiger partial charge in [0.15, 0.2) is 11.6 Å². The number of amides is 2. The first-order chi connectivity index (χ1) is 18.3. The number of allylic oxidation sites excluding steroid dienone is 1. The van der Waals surface area contributed by atoms with Crippen molar-refractivity contribution in [3.8, 4) is 11.5 Å². The molecule has 5 rings (SSSR count). The second-order valence-corrected chi connectivity index (χ2v) is 11.4. The maximum Gasteiger partial charge on any atom is 0.306 e. The smallest absolute Gasteiger partial charge is 0.306 e.